The van der Waals surface area contributed by atoms with Crippen LogP contribution >= 0.6 is 0 Å². The molecule has 2 amide bonds. The molecule has 0 bridgehead atoms. The van der Waals surface area contributed by atoms with Crippen LogP contribution in [0.4, 0.5) is 5.69 Å². The first-order valence-electron chi connectivity index (χ1n) is 8.06. The second-order valence-electron chi connectivity index (χ2n) is 5.76. The highest BCUT2D eigenvalue weighted by molar-refractivity contribution is 7.89. The molecule has 3 rings (SSSR count). The molecule has 0 fully saturated rings. The van der Waals surface area contributed by atoms with Crippen molar-refractivity contribution in [2.45, 2.75) is 17.7 Å². The maximum atomic E-state index is 12.4. The molecule has 0 saturated heterocycles. The number of nitrogens with zero attached hydrogens (tertiary/aromatic N) is 1. The van der Waals surface area contributed by atoms with Crippen molar-refractivity contribution < 1.29 is 18.0 Å². The van der Waals surface area contributed by atoms with Gasteiger partial charge in [0.15, 0.2) is 0 Å². The van der Waals surface area contributed by atoms with Gasteiger partial charge in [0.1, 0.15) is 0 Å². The van der Waals surface area contributed by atoms with Crippen LogP contribution in [0.3, 0.4) is 0 Å². The van der Waals surface area contributed by atoms with Gasteiger partial charge in [-0.25, -0.2) is 13.1 Å². The standard InChI is InChI=1S/C17H18N4O4S/c22-16-6-3-12-10-14(4-5-15(12)21-16)26(24,25)20-9-8-19-17(23)13-2-1-7-18-11-13/h1-2,4-5,7,10-11,20H,3,6,8-9H2,(H,19,23)(H,21,22). The van der Waals surface area contributed by atoms with Crippen molar-refractivity contribution in [1.82, 2.24) is 15.0 Å². The van der Waals surface area contributed by atoms with Crippen molar-refractivity contribution in [3.63, 3.8) is 0 Å². The summed E-state index contributed by atoms with van der Waals surface area (Å²) in [4.78, 5) is 27.2. The monoisotopic (exact) mass is 374 g/mol. The van der Waals surface area contributed by atoms with Gasteiger partial charge in [0.25, 0.3) is 5.91 Å². The van der Waals surface area contributed by atoms with Gasteiger partial charge in [0.05, 0.1) is 10.5 Å². The minimum atomic E-state index is -3.70. The SMILES string of the molecule is O=C1CCc2cc(S(=O)(=O)NCCNC(=O)c3cccnc3)ccc2N1. The number of aryl methyl sites for hydroxylation is 1. The van der Waals surface area contributed by atoms with Crippen molar-refractivity contribution in [3.05, 3.63) is 53.9 Å². The van der Waals surface area contributed by atoms with Gasteiger partial charge < -0.3 is 10.6 Å². The number of fused-ring (bicyclic) bond motifs is 1. The van der Waals surface area contributed by atoms with Crippen molar-refractivity contribution in [2.24, 2.45) is 0 Å². The van der Waals surface area contributed by atoms with Gasteiger partial charge >= 0.3 is 0 Å². The van der Waals surface area contributed by atoms with Gasteiger partial charge in [-0.2, -0.15) is 0 Å². The molecule has 3 N–H and O–H groups in total. The predicted octanol–water partition coefficient (Wildman–Crippen LogP) is 0.675. The van der Waals surface area contributed by atoms with E-state index in [-0.39, 0.29) is 29.8 Å². The minimum Gasteiger partial charge on any atom is -0.351 e. The molecule has 0 saturated carbocycles. The fourth-order valence-electron chi connectivity index (χ4n) is 2.57. The van der Waals surface area contributed by atoms with Crippen molar-refractivity contribution in [3.8, 4) is 0 Å². The molecule has 1 aromatic heterocycles. The molecule has 1 aliphatic rings. The molecular formula is C17H18N4O4S. The van der Waals surface area contributed by atoms with Crippen LogP contribution in [-0.2, 0) is 21.2 Å². The highest BCUT2D eigenvalue weighted by Gasteiger charge is 2.19. The van der Waals surface area contributed by atoms with Gasteiger partial charge in [0, 0.05) is 37.6 Å². The molecule has 0 atom stereocenters. The zero-order valence-corrected chi connectivity index (χ0v) is 14.7. The Morgan fingerprint density at radius 1 is 1.19 bits per heavy atom. The average molecular weight is 374 g/mol. The van der Waals surface area contributed by atoms with E-state index in [1.807, 2.05) is 0 Å². The van der Waals surface area contributed by atoms with Crippen LogP contribution in [0.1, 0.15) is 22.3 Å². The second-order valence-corrected chi connectivity index (χ2v) is 7.53. The Morgan fingerprint density at radius 2 is 2.04 bits per heavy atom. The highest BCUT2D eigenvalue weighted by atomic mass is 32.2. The number of hydrogen-bond donors (Lipinski definition) is 3. The van der Waals surface area contributed by atoms with Crippen LogP contribution in [0.2, 0.25) is 0 Å². The number of rotatable bonds is 6. The quantitative estimate of drug-likeness (QED) is 0.643. The van der Waals surface area contributed by atoms with Crippen molar-refractivity contribution in [2.75, 3.05) is 18.4 Å². The lowest BCUT2D eigenvalue weighted by Gasteiger charge is -2.17. The van der Waals surface area contributed by atoms with E-state index in [1.165, 1.54) is 12.3 Å². The molecule has 0 unspecified atom stereocenters. The van der Waals surface area contributed by atoms with Crippen LogP contribution in [-0.4, -0.2) is 38.3 Å². The van der Waals surface area contributed by atoms with E-state index in [0.29, 0.717) is 24.1 Å². The zero-order chi connectivity index (χ0) is 18.6. The van der Waals surface area contributed by atoms with Crippen LogP contribution in [0, 0.1) is 0 Å². The summed E-state index contributed by atoms with van der Waals surface area (Å²) in [7, 11) is -3.70. The number of amides is 2. The van der Waals surface area contributed by atoms with E-state index in [4.69, 9.17) is 0 Å². The number of pyridine rings is 1. The predicted molar refractivity (Wildman–Crippen MR) is 95.2 cm³/mol. The fraction of sp³-hybridized carbons (Fsp3) is 0.235. The lowest BCUT2D eigenvalue weighted by Crippen LogP contribution is -2.34. The van der Waals surface area contributed by atoms with E-state index < -0.39 is 10.0 Å². The Morgan fingerprint density at radius 3 is 2.81 bits per heavy atom. The molecule has 8 nitrogen and oxygen atoms in total. The average Bonchev–Trinajstić information content (AvgIpc) is 2.65. The molecule has 2 aromatic rings. The summed E-state index contributed by atoms with van der Waals surface area (Å²) >= 11 is 0. The van der Waals surface area contributed by atoms with Crippen molar-refractivity contribution >= 4 is 27.5 Å². The molecule has 0 radical (unpaired) electrons. The van der Waals surface area contributed by atoms with Crippen LogP contribution < -0.4 is 15.4 Å². The van der Waals surface area contributed by atoms with Gasteiger partial charge in [-0.05, 0) is 42.3 Å². The lowest BCUT2D eigenvalue weighted by molar-refractivity contribution is -0.116. The first-order valence-corrected chi connectivity index (χ1v) is 9.55. The number of hydrogen-bond acceptors (Lipinski definition) is 5. The van der Waals surface area contributed by atoms with Gasteiger partial charge in [-0.15, -0.1) is 0 Å². The summed E-state index contributed by atoms with van der Waals surface area (Å²) in [6, 6.07) is 7.87. The maximum Gasteiger partial charge on any atom is 0.252 e. The zero-order valence-electron chi connectivity index (χ0n) is 13.9. The Kier molecular flexibility index (Phi) is 5.29. The molecule has 26 heavy (non-hydrogen) atoms. The molecule has 0 aliphatic carbocycles. The normalized spacial score (nSPS) is 13.6. The number of benzene rings is 1. The van der Waals surface area contributed by atoms with E-state index >= 15 is 0 Å². The first kappa shape index (κ1) is 18.0. The maximum absolute atomic E-state index is 12.4. The number of sulfonamides is 1. The molecule has 0 spiro atoms. The van der Waals surface area contributed by atoms with Gasteiger partial charge in [0.2, 0.25) is 15.9 Å². The Bertz CT molecular complexity index is 929. The van der Waals surface area contributed by atoms with E-state index in [9.17, 15) is 18.0 Å². The third-order valence-corrected chi connectivity index (χ3v) is 5.37. The number of aromatic nitrogens is 1. The minimum absolute atomic E-state index is 0.0577. The number of nitrogens with one attached hydrogen (secondary N) is 3. The third-order valence-electron chi connectivity index (χ3n) is 3.91. The fourth-order valence-corrected chi connectivity index (χ4v) is 3.65. The summed E-state index contributed by atoms with van der Waals surface area (Å²) in [5, 5.41) is 5.34. The van der Waals surface area contributed by atoms with Gasteiger partial charge in [-0.3, -0.25) is 14.6 Å². The molecular weight excluding hydrogens is 356 g/mol. The third kappa shape index (κ3) is 4.24. The molecule has 136 valence electrons. The molecule has 9 heteroatoms. The Hall–Kier alpha value is -2.78. The number of carbonyl (C=O) groups is 2. The molecule has 1 aromatic carbocycles. The van der Waals surface area contributed by atoms with Crippen LogP contribution in [0.25, 0.3) is 0 Å². The van der Waals surface area contributed by atoms with E-state index in [1.54, 1.807) is 30.5 Å². The van der Waals surface area contributed by atoms with E-state index in [2.05, 4.69) is 20.3 Å². The smallest absolute Gasteiger partial charge is 0.252 e. The number of carbonyl (C=O) groups excluding carboxylic acids is 2. The summed E-state index contributed by atoms with van der Waals surface area (Å²) in [5.41, 5.74) is 1.84. The van der Waals surface area contributed by atoms with E-state index in [0.717, 1.165) is 5.56 Å². The largest absolute Gasteiger partial charge is 0.351 e. The first-order chi connectivity index (χ1) is 12.5. The highest BCUT2D eigenvalue weighted by Crippen LogP contribution is 2.25. The Labute approximate surface area is 151 Å². The van der Waals surface area contributed by atoms with Gasteiger partial charge in [-0.1, -0.05) is 0 Å². The Balaban J connectivity index is 1.56. The second kappa shape index (κ2) is 7.63. The molecule has 2 heterocycles. The summed E-state index contributed by atoms with van der Waals surface area (Å²) < 4.78 is 27.2. The lowest BCUT2D eigenvalue weighted by atomic mass is 10.0. The number of anilines is 1. The van der Waals surface area contributed by atoms with Crippen molar-refractivity contribution in [1.29, 1.82) is 0 Å². The topological polar surface area (TPSA) is 117 Å². The summed E-state index contributed by atoms with van der Waals surface area (Å²) in [5.74, 6) is -0.391. The summed E-state index contributed by atoms with van der Waals surface area (Å²) in [6.07, 6.45) is 3.84. The van der Waals surface area contributed by atoms with Crippen LogP contribution in [0.5, 0.6) is 0 Å². The molecule has 1 aliphatic heterocycles. The van der Waals surface area contributed by atoms with Crippen LogP contribution in [0.15, 0.2) is 47.6 Å². The summed E-state index contributed by atoms with van der Waals surface area (Å²) in [6.45, 7) is 0.204.